The highest BCUT2D eigenvalue weighted by Gasteiger charge is 2.14. The minimum absolute atomic E-state index is 0.284. The highest BCUT2D eigenvalue weighted by molar-refractivity contribution is 5.90. The Hall–Kier alpha value is -1.65. The molecular formula is C14H17NO3. The largest absolute Gasteiger partial charge is 0.350 e. The van der Waals surface area contributed by atoms with Crippen molar-refractivity contribution in [1.29, 1.82) is 0 Å². The molecule has 0 unspecified atom stereocenters. The molecule has 0 spiro atoms. The number of carbonyl (C=O) groups excluding carboxylic acids is 1. The molecule has 2 rings (SSSR count). The van der Waals surface area contributed by atoms with Crippen LogP contribution in [0.1, 0.15) is 24.8 Å². The molecule has 1 aromatic rings. The molecule has 0 bridgehead atoms. The van der Waals surface area contributed by atoms with E-state index in [1.54, 1.807) is 6.08 Å². The maximum atomic E-state index is 11.5. The van der Waals surface area contributed by atoms with Crippen molar-refractivity contribution < 1.29 is 14.4 Å². The third kappa shape index (κ3) is 4.31. The van der Waals surface area contributed by atoms with Crippen LogP contribution >= 0.6 is 0 Å². The predicted octanol–water partition coefficient (Wildman–Crippen LogP) is 2.27. The summed E-state index contributed by atoms with van der Waals surface area (Å²) in [5, 5.41) is 0. The maximum Gasteiger partial charge on any atom is 0.267 e. The summed E-state index contributed by atoms with van der Waals surface area (Å²) in [5.74, 6) is -0.284. The number of nitrogens with one attached hydrogen (secondary N) is 1. The van der Waals surface area contributed by atoms with Gasteiger partial charge >= 0.3 is 0 Å². The van der Waals surface area contributed by atoms with Gasteiger partial charge in [0.05, 0.1) is 0 Å². The van der Waals surface area contributed by atoms with E-state index in [9.17, 15) is 4.79 Å². The monoisotopic (exact) mass is 247 g/mol. The van der Waals surface area contributed by atoms with E-state index in [1.165, 1.54) is 6.08 Å². The zero-order valence-corrected chi connectivity index (χ0v) is 10.2. The summed E-state index contributed by atoms with van der Waals surface area (Å²) in [6, 6.07) is 9.62. The molecule has 0 aromatic heterocycles. The van der Waals surface area contributed by atoms with Crippen molar-refractivity contribution in [3.63, 3.8) is 0 Å². The molecular weight excluding hydrogens is 230 g/mol. The highest BCUT2D eigenvalue weighted by atomic mass is 16.8. The SMILES string of the molecule is O=C(/C=C/c1ccccc1)NO[C@H]1CCCCO1. The normalized spacial score (nSPS) is 19.9. The summed E-state index contributed by atoms with van der Waals surface area (Å²) in [6.07, 6.45) is 5.82. The van der Waals surface area contributed by atoms with Crippen LogP contribution in [0.15, 0.2) is 36.4 Å². The van der Waals surface area contributed by atoms with E-state index in [0.29, 0.717) is 6.61 Å². The number of hydroxylamine groups is 1. The maximum absolute atomic E-state index is 11.5. The molecule has 0 aliphatic carbocycles. The van der Waals surface area contributed by atoms with Crippen LogP contribution in [0.5, 0.6) is 0 Å². The summed E-state index contributed by atoms with van der Waals surface area (Å²) in [7, 11) is 0. The molecule has 1 aromatic carbocycles. The minimum Gasteiger partial charge on any atom is -0.350 e. The smallest absolute Gasteiger partial charge is 0.267 e. The highest BCUT2D eigenvalue weighted by Crippen LogP contribution is 2.12. The fourth-order valence-corrected chi connectivity index (χ4v) is 1.70. The molecule has 96 valence electrons. The molecule has 4 heteroatoms. The van der Waals surface area contributed by atoms with Gasteiger partial charge in [-0.1, -0.05) is 30.3 Å². The molecule has 0 radical (unpaired) electrons. The van der Waals surface area contributed by atoms with Crippen LogP contribution in [-0.2, 0) is 14.4 Å². The lowest BCUT2D eigenvalue weighted by Crippen LogP contribution is -2.32. The number of ether oxygens (including phenoxy) is 1. The molecule has 4 nitrogen and oxygen atoms in total. The Kier molecular flexibility index (Phi) is 4.93. The Bertz CT molecular complexity index is 397. The van der Waals surface area contributed by atoms with Crippen molar-refractivity contribution in [3.8, 4) is 0 Å². The quantitative estimate of drug-likeness (QED) is 0.656. The summed E-state index contributed by atoms with van der Waals surface area (Å²) in [4.78, 5) is 16.6. The van der Waals surface area contributed by atoms with Gasteiger partial charge in [0.15, 0.2) is 6.29 Å². The standard InChI is InChI=1S/C14H17NO3/c16-13(10-9-12-6-2-1-3-7-12)15-18-14-8-4-5-11-17-14/h1-3,6-7,9-10,14H,4-5,8,11H2,(H,15,16)/b10-9+/t14-/m0/s1. The first-order chi connectivity index (χ1) is 8.84. The lowest BCUT2D eigenvalue weighted by molar-refractivity contribution is -0.198. The van der Waals surface area contributed by atoms with E-state index < -0.39 is 0 Å². The van der Waals surface area contributed by atoms with E-state index in [1.807, 2.05) is 30.3 Å². The topological polar surface area (TPSA) is 47.6 Å². The van der Waals surface area contributed by atoms with Crippen molar-refractivity contribution in [2.24, 2.45) is 0 Å². The summed E-state index contributed by atoms with van der Waals surface area (Å²) >= 11 is 0. The minimum atomic E-state index is -0.312. The van der Waals surface area contributed by atoms with Crippen molar-refractivity contribution in [1.82, 2.24) is 5.48 Å². The zero-order chi connectivity index (χ0) is 12.6. The van der Waals surface area contributed by atoms with Gasteiger partial charge in [-0.2, -0.15) is 0 Å². The van der Waals surface area contributed by atoms with Crippen LogP contribution < -0.4 is 5.48 Å². The molecule has 1 N–H and O–H groups in total. The predicted molar refractivity (Wildman–Crippen MR) is 68.3 cm³/mol. The third-order valence-electron chi connectivity index (χ3n) is 2.66. The fraction of sp³-hybridized carbons (Fsp3) is 0.357. The molecule has 1 fully saturated rings. The van der Waals surface area contributed by atoms with Crippen LogP contribution in [0, 0.1) is 0 Å². The van der Waals surface area contributed by atoms with E-state index in [-0.39, 0.29) is 12.2 Å². The van der Waals surface area contributed by atoms with E-state index in [0.717, 1.165) is 24.8 Å². The number of benzene rings is 1. The van der Waals surface area contributed by atoms with Gasteiger partial charge in [-0.15, -0.1) is 0 Å². The Balaban J connectivity index is 1.73. The first-order valence-electron chi connectivity index (χ1n) is 6.15. The first kappa shape index (κ1) is 12.8. The molecule has 1 aliphatic rings. The van der Waals surface area contributed by atoms with Crippen LogP contribution in [0.4, 0.5) is 0 Å². The molecule has 1 heterocycles. The molecule has 1 atom stereocenters. The lowest BCUT2D eigenvalue weighted by Gasteiger charge is -2.21. The Labute approximate surface area is 107 Å². The summed E-state index contributed by atoms with van der Waals surface area (Å²) < 4.78 is 5.33. The second-order valence-corrected chi connectivity index (χ2v) is 4.12. The van der Waals surface area contributed by atoms with Crippen molar-refractivity contribution in [2.45, 2.75) is 25.6 Å². The molecule has 1 aliphatic heterocycles. The van der Waals surface area contributed by atoms with Gasteiger partial charge in [0.1, 0.15) is 0 Å². The van der Waals surface area contributed by atoms with Crippen molar-refractivity contribution >= 4 is 12.0 Å². The fourth-order valence-electron chi connectivity index (χ4n) is 1.70. The van der Waals surface area contributed by atoms with Gasteiger partial charge < -0.3 is 4.74 Å². The van der Waals surface area contributed by atoms with Gasteiger partial charge in [-0.05, 0) is 24.5 Å². The lowest BCUT2D eigenvalue weighted by atomic mass is 10.2. The van der Waals surface area contributed by atoms with Crippen molar-refractivity contribution in [3.05, 3.63) is 42.0 Å². The van der Waals surface area contributed by atoms with Crippen LogP contribution in [0.2, 0.25) is 0 Å². The van der Waals surface area contributed by atoms with Gasteiger partial charge in [0.2, 0.25) is 0 Å². The van der Waals surface area contributed by atoms with Gasteiger partial charge in [-0.3, -0.25) is 4.79 Å². The van der Waals surface area contributed by atoms with Gasteiger partial charge in [0, 0.05) is 19.1 Å². The number of hydrogen-bond donors (Lipinski definition) is 1. The van der Waals surface area contributed by atoms with Gasteiger partial charge in [0.25, 0.3) is 5.91 Å². The average molecular weight is 247 g/mol. The van der Waals surface area contributed by atoms with Crippen molar-refractivity contribution in [2.75, 3.05) is 6.61 Å². The van der Waals surface area contributed by atoms with E-state index in [4.69, 9.17) is 9.57 Å². The number of carbonyl (C=O) groups is 1. The van der Waals surface area contributed by atoms with Crippen LogP contribution in [-0.4, -0.2) is 18.8 Å². The third-order valence-corrected chi connectivity index (χ3v) is 2.66. The Morgan fingerprint density at radius 2 is 2.17 bits per heavy atom. The second-order valence-electron chi connectivity index (χ2n) is 4.12. The average Bonchev–Trinajstić information content (AvgIpc) is 2.45. The number of rotatable bonds is 4. The number of hydrogen-bond acceptors (Lipinski definition) is 3. The molecule has 0 saturated carbocycles. The van der Waals surface area contributed by atoms with E-state index in [2.05, 4.69) is 5.48 Å². The zero-order valence-electron chi connectivity index (χ0n) is 10.2. The van der Waals surface area contributed by atoms with Crippen LogP contribution in [0.25, 0.3) is 6.08 Å². The van der Waals surface area contributed by atoms with E-state index >= 15 is 0 Å². The van der Waals surface area contributed by atoms with Crippen LogP contribution in [0.3, 0.4) is 0 Å². The molecule has 18 heavy (non-hydrogen) atoms. The molecule has 1 amide bonds. The molecule has 1 saturated heterocycles. The number of amides is 1. The summed E-state index contributed by atoms with van der Waals surface area (Å²) in [5.41, 5.74) is 3.35. The Morgan fingerprint density at radius 3 is 2.89 bits per heavy atom. The second kappa shape index (κ2) is 6.93. The van der Waals surface area contributed by atoms with Gasteiger partial charge in [-0.25, -0.2) is 10.3 Å². The Morgan fingerprint density at radius 1 is 1.33 bits per heavy atom. The first-order valence-corrected chi connectivity index (χ1v) is 6.15. The summed E-state index contributed by atoms with van der Waals surface area (Å²) in [6.45, 7) is 0.695.